The number of hydrogen-bond acceptors (Lipinski definition) is 2. The number of methoxy groups -OCH3 is 1. The molecule has 0 aliphatic rings. The van der Waals surface area contributed by atoms with Gasteiger partial charge in [0.05, 0.1) is 6.54 Å². The van der Waals surface area contributed by atoms with Crippen molar-refractivity contribution >= 4 is 16.9 Å². The molecule has 20 heavy (non-hydrogen) atoms. The number of benzene rings is 1. The van der Waals surface area contributed by atoms with Gasteiger partial charge < -0.3 is 20.4 Å². The van der Waals surface area contributed by atoms with Crippen molar-refractivity contribution in [3.8, 4) is 0 Å². The fraction of sp³-hybridized carbons (Fsp3) is 0.400. The summed E-state index contributed by atoms with van der Waals surface area (Å²) in [5, 5.41) is 7.77. The minimum absolute atomic E-state index is 0.721. The molecule has 108 valence electrons. The van der Waals surface area contributed by atoms with E-state index < -0.39 is 0 Å². The lowest BCUT2D eigenvalue weighted by Crippen LogP contribution is -2.37. The fourth-order valence-electron chi connectivity index (χ4n) is 2.05. The van der Waals surface area contributed by atoms with Crippen LogP contribution in [0.3, 0.4) is 0 Å². The number of ether oxygens (including phenoxy) is 1. The number of aliphatic imine (C=N–C) groups is 1. The second-order valence-corrected chi connectivity index (χ2v) is 4.58. The van der Waals surface area contributed by atoms with Crippen molar-refractivity contribution < 1.29 is 4.74 Å². The van der Waals surface area contributed by atoms with Crippen molar-refractivity contribution in [2.75, 3.05) is 27.3 Å². The van der Waals surface area contributed by atoms with E-state index in [1.807, 2.05) is 12.1 Å². The van der Waals surface area contributed by atoms with Crippen LogP contribution in [0, 0.1) is 0 Å². The van der Waals surface area contributed by atoms with Crippen molar-refractivity contribution in [1.29, 1.82) is 0 Å². The van der Waals surface area contributed by atoms with Crippen LogP contribution >= 0.6 is 0 Å². The Bertz CT molecular complexity index is 529. The summed E-state index contributed by atoms with van der Waals surface area (Å²) in [6, 6.07) is 10.4. The zero-order valence-corrected chi connectivity index (χ0v) is 12.1. The van der Waals surface area contributed by atoms with Crippen LogP contribution in [0.1, 0.15) is 12.1 Å². The second-order valence-electron chi connectivity index (χ2n) is 4.58. The summed E-state index contributed by atoms with van der Waals surface area (Å²) in [5.41, 5.74) is 2.30. The third kappa shape index (κ3) is 3.99. The number of H-pyrrole nitrogens is 1. The molecule has 0 unspecified atom stereocenters. The fourth-order valence-corrected chi connectivity index (χ4v) is 2.05. The maximum absolute atomic E-state index is 5.01. The standard InChI is InChI=1S/C15H22N4O/c1-16-15(17-8-5-9-20-2)18-11-13-10-12-6-3-4-7-14(12)19-13/h3-4,6-7,10,19H,5,8-9,11H2,1-2H3,(H2,16,17,18). The number of aromatic nitrogens is 1. The van der Waals surface area contributed by atoms with E-state index in [0.717, 1.165) is 43.3 Å². The van der Waals surface area contributed by atoms with E-state index in [4.69, 9.17) is 4.74 Å². The van der Waals surface area contributed by atoms with Gasteiger partial charge in [-0.3, -0.25) is 4.99 Å². The minimum Gasteiger partial charge on any atom is -0.385 e. The normalized spacial score (nSPS) is 11.8. The van der Waals surface area contributed by atoms with Crippen molar-refractivity contribution in [2.45, 2.75) is 13.0 Å². The second kappa shape index (κ2) is 7.55. The predicted molar refractivity (Wildman–Crippen MR) is 83.0 cm³/mol. The molecule has 0 spiro atoms. The van der Waals surface area contributed by atoms with Gasteiger partial charge in [-0.15, -0.1) is 0 Å². The van der Waals surface area contributed by atoms with Crippen LogP contribution in [0.4, 0.5) is 0 Å². The Balaban J connectivity index is 1.83. The number of nitrogens with one attached hydrogen (secondary N) is 3. The first-order chi connectivity index (χ1) is 9.83. The molecule has 0 amide bonds. The first kappa shape index (κ1) is 14.4. The van der Waals surface area contributed by atoms with E-state index >= 15 is 0 Å². The lowest BCUT2D eigenvalue weighted by molar-refractivity contribution is 0.195. The smallest absolute Gasteiger partial charge is 0.191 e. The van der Waals surface area contributed by atoms with Gasteiger partial charge in [0.15, 0.2) is 5.96 Å². The highest BCUT2D eigenvalue weighted by Crippen LogP contribution is 2.14. The molecule has 3 N–H and O–H groups in total. The Morgan fingerprint density at radius 1 is 1.30 bits per heavy atom. The van der Waals surface area contributed by atoms with Gasteiger partial charge in [0.1, 0.15) is 0 Å². The third-order valence-corrected chi connectivity index (χ3v) is 3.07. The molecule has 0 aliphatic heterocycles. The Morgan fingerprint density at radius 3 is 2.90 bits per heavy atom. The Hall–Kier alpha value is -2.01. The van der Waals surface area contributed by atoms with Gasteiger partial charge in [-0.05, 0) is 23.9 Å². The van der Waals surface area contributed by atoms with Crippen molar-refractivity contribution in [3.63, 3.8) is 0 Å². The molecule has 5 heteroatoms. The summed E-state index contributed by atoms with van der Waals surface area (Å²) in [6.45, 7) is 2.32. The highest BCUT2D eigenvalue weighted by molar-refractivity contribution is 5.81. The highest BCUT2D eigenvalue weighted by atomic mass is 16.5. The average molecular weight is 274 g/mol. The maximum Gasteiger partial charge on any atom is 0.191 e. The molecule has 1 aromatic carbocycles. The van der Waals surface area contributed by atoms with Crippen molar-refractivity contribution in [2.24, 2.45) is 4.99 Å². The molecule has 0 bridgehead atoms. The minimum atomic E-state index is 0.721. The maximum atomic E-state index is 5.01. The molecular weight excluding hydrogens is 252 g/mol. The largest absolute Gasteiger partial charge is 0.385 e. The zero-order valence-electron chi connectivity index (χ0n) is 12.1. The predicted octanol–water partition coefficient (Wildman–Crippen LogP) is 1.87. The number of guanidine groups is 1. The lowest BCUT2D eigenvalue weighted by Gasteiger charge is -2.10. The van der Waals surface area contributed by atoms with Gasteiger partial charge in [-0.1, -0.05) is 18.2 Å². The summed E-state index contributed by atoms with van der Waals surface area (Å²) in [6.07, 6.45) is 0.962. The van der Waals surface area contributed by atoms with Crippen LogP contribution in [-0.4, -0.2) is 38.3 Å². The van der Waals surface area contributed by atoms with Crippen molar-refractivity contribution in [1.82, 2.24) is 15.6 Å². The molecule has 0 saturated carbocycles. The topological polar surface area (TPSA) is 61.4 Å². The first-order valence-electron chi connectivity index (χ1n) is 6.83. The summed E-state index contributed by atoms with van der Waals surface area (Å²) in [7, 11) is 3.49. The lowest BCUT2D eigenvalue weighted by atomic mass is 10.2. The quantitative estimate of drug-likeness (QED) is 0.428. The molecule has 0 saturated heterocycles. The van der Waals surface area contributed by atoms with Crippen LogP contribution in [0.15, 0.2) is 35.3 Å². The Kier molecular flexibility index (Phi) is 5.43. The molecule has 0 aliphatic carbocycles. The van der Waals surface area contributed by atoms with Gasteiger partial charge in [0.2, 0.25) is 0 Å². The van der Waals surface area contributed by atoms with E-state index in [1.165, 1.54) is 5.39 Å². The summed E-state index contributed by atoms with van der Waals surface area (Å²) in [4.78, 5) is 7.58. The van der Waals surface area contributed by atoms with E-state index in [-0.39, 0.29) is 0 Å². The van der Waals surface area contributed by atoms with Gasteiger partial charge in [0.25, 0.3) is 0 Å². The molecule has 0 radical (unpaired) electrons. The molecule has 0 fully saturated rings. The van der Waals surface area contributed by atoms with E-state index in [1.54, 1.807) is 14.2 Å². The zero-order chi connectivity index (χ0) is 14.2. The monoisotopic (exact) mass is 274 g/mol. The number of aromatic amines is 1. The number of hydrogen-bond donors (Lipinski definition) is 3. The van der Waals surface area contributed by atoms with Crippen LogP contribution in [-0.2, 0) is 11.3 Å². The van der Waals surface area contributed by atoms with E-state index in [0.29, 0.717) is 0 Å². The number of para-hydroxylation sites is 1. The van der Waals surface area contributed by atoms with Crippen LogP contribution in [0.5, 0.6) is 0 Å². The van der Waals surface area contributed by atoms with Gasteiger partial charge >= 0.3 is 0 Å². The summed E-state index contributed by atoms with van der Waals surface area (Å²) < 4.78 is 5.01. The SMILES string of the molecule is CN=C(NCCCOC)NCc1cc2ccccc2[nH]1. The van der Waals surface area contributed by atoms with Crippen LogP contribution in [0.2, 0.25) is 0 Å². The number of nitrogens with zero attached hydrogens (tertiary/aromatic N) is 1. The van der Waals surface area contributed by atoms with E-state index in [2.05, 4.69) is 38.8 Å². The third-order valence-electron chi connectivity index (χ3n) is 3.07. The van der Waals surface area contributed by atoms with Gasteiger partial charge in [-0.2, -0.15) is 0 Å². The van der Waals surface area contributed by atoms with Crippen LogP contribution < -0.4 is 10.6 Å². The van der Waals surface area contributed by atoms with Gasteiger partial charge in [-0.25, -0.2) is 0 Å². The number of fused-ring (bicyclic) bond motifs is 1. The molecular formula is C15H22N4O. The average Bonchev–Trinajstić information content (AvgIpc) is 2.89. The van der Waals surface area contributed by atoms with E-state index in [9.17, 15) is 0 Å². The number of rotatable bonds is 6. The molecule has 0 atom stereocenters. The Labute approximate surface area is 119 Å². The molecule has 5 nitrogen and oxygen atoms in total. The highest BCUT2D eigenvalue weighted by Gasteiger charge is 2.01. The Morgan fingerprint density at radius 2 is 2.15 bits per heavy atom. The molecule has 2 rings (SSSR count). The summed E-state index contributed by atoms with van der Waals surface area (Å²) >= 11 is 0. The van der Waals surface area contributed by atoms with Gasteiger partial charge in [0, 0.05) is 38.5 Å². The molecule has 1 heterocycles. The first-order valence-corrected chi connectivity index (χ1v) is 6.83. The summed E-state index contributed by atoms with van der Waals surface area (Å²) in [5.74, 6) is 0.805. The molecule has 1 aromatic heterocycles. The van der Waals surface area contributed by atoms with Crippen LogP contribution in [0.25, 0.3) is 10.9 Å². The van der Waals surface area contributed by atoms with Crippen molar-refractivity contribution in [3.05, 3.63) is 36.0 Å². The molecule has 2 aromatic rings.